The zero-order valence-corrected chi connectivity index (χ0v) is 17.8. The van der Waals surface area contributed by atoms with Crippen molar-refractivity contribution in [2.45, 2.75) is 6.54 Å². The monoisotopic (exact) mass is 467 g/mol. The Kier molecular flexibility index (Phi) is 6.25. The zero-order chi connectivity index (χ0) is 22.0. The Hall–Kier alpha value is -2.89. The number of hydrogen-bond acceptors (Lipinski definition) is 9. The Balaban J connectivity index is 1.30. The molecule has 10 nitrogen and oxygen atoms in total. The van der Waals surface area contributed by atoms with E-state index in [1.54, 1.807) is 4.90 Å². The molecule has 1 amide bonds. The van der Waals surface area contributed by atoms with E-state index in [2.05, 4.69) is 4.90 Å². The molecule has 0 atom stereocenters. The summed E-state index contributed by atoms with van der Waals surface area (Å²) in [6, 6.07) is 6.16. The average molecular weight is 468 g/mol. The molecule has 1 fully saturated rings. The van der Waals surface area contributed by atoms with Gasteiger partial charge in [-0.05, 0) is 12.1 Å². The number of nitro benzene ring substituents is 1. The third kappa shape index (κ3) is 4.89. The molecular weight excluding hydrogens is 450 g/mol. The first kappa shape index (κ1) is 21.3. The number of nitro groups is 1. The summed E-state index contributed by atoms with van der Waals surface area (Å²) >= 11 is 7.49. The minimum absolute atomic E-state index is 0.0883. The summed E-state index contributed by atoms with van der Waals surface area (Å²) in [7, 11) is 0. The number of carbonyl (C=O) groups is 2. The number of halogens is 1. The van der Waals surface area contributed by atoms with E-state index in [9.17, 15) is 19.7 Å². The van der Waals surface area contributed by atoms with E-state index in [0.29, 0.717) is 26.2 Å². The van der Waals surface area contributed by atoms with Crippen LogP contribution in [0.5, 0.6) is 11.5 Å². The van der Waals surface area contributed by atoms with Gasteiger partial charge in [0.25, 0.3) is 11.6 Å². The summed E-state index contributed by atoms with van der Waals surface area (Å²) in [4.78, 5) is 40.4. The maximum absolute atomic E-state index is 12.4. The molecule has 0 saturated carbocycles. The van der Waals surface area contributed by atoms with Gasteiger partial charge in [0.2, 0.25) is 6.79 Å². The highest BCUT2D eigenvalue weighted by Crippen LogP contribution is 2.38. The van der Waals surface area contributed by atoms with E-state index in [4.69, 9.17) is 25.8 Å². The third-order valence-electron chi connectivity index (χ3n) is 4.97. The van der Waals surface area contributed by atoms with Gasteiger partial charge in [0.15, 0.2) is 18.1 Å². The largest absolute Gasteiger partial charge is 0.454 e. The van der Waals surface area contributed by atoms with Crippen molar-refractivity contribution in [2.24, 2.45) is 0 Å². The molecule has 1 aromatic heterocycles. The SMILES string of the molecule is O=C(OCC(=O)N1CCN(Cc2ccc(Cl)s2)CC1)c1cc2c(cc1[N+](=O)[O-])OCO2. The molecule has 0 spiro atoms. The fraction of sp³-hybridized carbons (Fsp3) is 0.368. The number of thiophene rings is 1. The van der Waals surface area contributed by atoms with Crippen LogP contribution in [-0.4, -0.2) is 66.2 Å². The Morgan fingerprint density at radius 3 is 2.52 bits per heavy atom. The Bertz CT molecular complexity index is 1020. The highest BCUT2D eigenvalue weighted by atomic mass is 35.5. The Morgan fingerprint density at radius 1 is 1.16 bits per heavy atom. The van der Waals surface area contributed by atoms with Crippen molar-refractivity contribution in [3.8, 4) is 11.5 Å². The van der Waals surface area contributed by atoms with Gasteiger partial charge in [0.05, 0.1) is 15.3 Å². The van der Waals surface area contributed by atoms with E-state index < -0.39 is 23.2 Å². The molecule has 4 rings (SSSR count). The highest BCUT2D eigenvalue weighted by molar-refractivity contribution is 7.16. The molecule has 2 aromatic rings. The van der Waals surface area contributed by atoms with Crippen LogP contribution in [0.15, 0.2) is 24.3 Å². The first-order valence-electron chi connectivity index (χ1n) is 9.40. The number of esters is 1. The van der Waals surface area contributed by atoms with Crippen LogP contribution in [0.2, 0.25) is 4.34 Å². The summed E-state index contributed by atoms with van der Waals surface area (Å²) in [5, 5.41) is 11.3. The van der Waals surface area contributed by atoms with Gasteiger partial charge in [-0.1, -0.05) is 11.6 Å². The van der Waals surface area contributed by atoms with Crippen LogP contribution in [0.4, 0.5) is 5.69 Å². The van der Waals surface area contributed by atoms with Crippen molar-refractivity contribution in [2.75, 3.05) is 39.6 Å². The van der Waals surface area contributed by atoms with Gasteiger partial charge >= 0.3 is 5.97 Å². The number of ether oxygens (including phenoxy) is 3. The number of carbonyl (C=O) groups excluding carboxylic acids is 2. The van der Waals surface area contributed by atoms with E-state index in [1.165, 1.54) is 17.4 Å². The van der Waals surface area contributed by atoms with Crippen LogP contribution < -0.4 is 9.47 Å². The standard InChI is InChI=1S/C19H18ClN3O7S/c20-17-2-1-12(31-17)9-21-3-5-22(6-4-21)18(24)10-28-19(25)13-7-15-16(30-11-29-15)8-14(13)23(26)27/h1-2,7-8H,3-6,9-11H2. The first-order chi connectivity index (χ1) is 14.9. The topological polar surface area (TPSA) is 111 Å². The molecule has 0 N–H and O–H groups in total. The van der Waals surface area contributed by atoms with Gasteiger partial charge in [-0.25, -0.2) is 4.79 Å². The van der Waals surface area contributed by atoms with Crippen LogP contribution in [0.3, 0.4) is 0 Å². The lowest BCUT2D eigenvalue weighted by molar-refractivity contribution is -0.385. The maximum Gasteiger partial charge on any atom is 0.345 e. The number of fused-ring (bicyclic) bond motifs is 1. The molecule has 164 valence electrons. The lowest BCUT2D eigenvalue weighted by atomic mass is 10.1. The predicted octanol–water partition coefficient (Wildman–Crippen LogP) is 2.54. The molecule has 2 aliphatic heterocycles. The van der Waals surface area contributed by atoms with Crippen LogP contribution in [0.1, 0.15) is 15.2 Å². The average Bonchev–Trinajstić information content (AvgIpc) is 3.39. The van der Waals surface area contributed by atoms with Crippen molar-refractivity contribution in [3.63, 3.8) is 0 Å². The van der Waals surface area contributed by atoms with Crippen molar-refractivity contribution in [1.29, 1.82) is 0 Å². The van der Waals surface area contributed by atoms with Crippen LogP contribution in [0.25, 0.3) is 0 Å². The quantitative estimate of drug-likeness (QED) is 0.362. The van der Waals surface area contributed by atoms with E-state index in [-0.39, 0.29) is 29.8 Å². The molecule has 3 heterocycles. The van der Waals surface area contributed by atoms with Crippen LogP contribution in [-0.2, 0) is 16.1 Å². The predicted molar refractivity (Wildman–Crippen MR) is 111 cm³/mol. The zero-order valence-electron chi connectivity index (χ0n) is 16.2. The number of hydrogen-bond donors (Lipinski definition) is 0. The number of benzene rings is 1. The maximum atomic E-state index is 12.4. The molecule has 0 radical (unpaired) electrons. The number of amides is 1. The van der Waals surface area contributed by atoms with Gasteiger partial charge < -0.3 is 19.1 Å². The molecular formula is C19H18ClN3O7S. The normalized spacial score (nSPS) is 15.7. The molecule has 0 bridgehead atoms. The number of nitrogens with zero attached hydrogens (tertiary/aromatic N) is 3. The third-order valence-corrected chi connectivity index (χ3v) is 6.18. The summed E-state index contributed by atoms with van der Waals surface area (Å²) in [5.74, 6) is -0.920. The van der Waals surface area contributed by atoms with Gasteiger partial charge in [-0.2, -0.15) is 0 Å². The van der Waals surface area contributed by atoms with Crippen LogP contribution in [0, 0.1) is 10.1 Å². The van der Waals surface area contributed by atoms with Crippen molar-refractivity contribution in [1.82, 2.24) is 9.80 Å². The number of rotatable bonds is 6. The minimum atomic E-state index is -0.966. The summed E-state index contributed by atoms with van der Waals surface area (Å²) in [6.07, 6.45) is 0. The Morgan fingerprint density at radius 2 is 1.87 bits per heavy atom. The van der Waals surface area contributed by atoms with E-state index in [1.807, 2.05) is 12.1 Å². The van der Waals surface area contributed by atoms with E-state index in [0.717, 1.165) is 21.8 Å². The lowest BCUT2D eigenvalue weighted by Gasteiger charge is -2.34. The number of piperazine rings is 1. The molecule has 2 aliphatic rings. The summed E-state index contributed by atoms with van der Waals surface area (Å²) in [6.45, 7) is 2.55. The molecule has 1 aromatic carbocycles. The highest BCUT2D eigenvalue weighted by Gasteiger charge is 2.29. The fourth-order valence-corrected chi connectivity index (χ4v) is 4.48. The second-order valence-corrected chi connectivity index (χ2v) is 8.72. The first-order valence-corrected chi connectivity index (χ1v) is 10.6. The minimum Gasteiger partial charge on any atom is -0.454 e. The smallest absolute Gasteiger partial charge is 0.345 e. The van der Waals surface area contributed by atoms with Crippen molar-refractivity contribution in [3.05, 3.63) is 49.2 Å². The second kappa shape index (κ2) is 9.08. The van der Waals surface area contributed by atoms with Gasteiger partial charge in [-0.3, -0.25) is 19.8 Å². The van der Waals surface area contributed by atoms with Crippen molar-refractivity contribution >= 4 is 40.5 Å². The molecule has 0 aliphatic carbocycles. The summed E-state index contributed by atoms with van der Waals surface area (Å²) in [5.41, 5.74) is -0.759. The van der Waals surface area contributed by atoms with Gasteiger partial charge in [-0.15, -0.1) is 11.3 Å². The Labute approximate surface area is 186 Å². The molecule has 1 saturated heterocycles. The second-order valence-electron chi connectivity index (χ2n) is 6.92. The molecule has 0 unspecified atom stereocenters. The van der Waals surface area contributed by atoms with Crippen molar-refractivity contribution < 1.29 is 28.7 Å². The van der Waals surface area contributed by atoms with E-state index >= 15 is 0 Å². The van der Waals surface area contributed by atoms with Gasteiger partial charge in [0, 0.05) is 43.7 Å². The van der Waals surface area contributed by atoms with Crippen LogP contribution >= 0.6 is 22.9 Å². The molecule has 31 heavy (non-hydrogen) atoms. The summed E-state index contributed by atoms with van der Waals surface area (Å²) < 4.78 is 16.1. The molecule has 12 heteroatoms. The lowest BCUT2D eigenvalue weighted by Crippen LogP contribution is -2.49. The fourth-order valence-electron chi connectivity index (χ4n) is 3.35. The van der Waals surface area contributed by atoms with Gasteiger partial charge in [0.1, 0.15) is 5.56 Å².